The molecular weight excluding hydrogens is 487 g/mol. The van der Waals surface area contributed by atoms with Crippen molar-refractivity contribution in [2.24, 2.45) is 0 Å². The van der Waals surface area contributed by atoms with Gasteiger partial charge in [0.2, 0.25) is 0 Å². The normalized spacial score (nSPS) is 17.4. The van der Waals surface area contributed by atoms with Gasteiger partial charge < -0.3 is 14.6 Å². The molecule has 0 bridgehead atoms. The van der Waals surface area contributed by atoms with Crippen LogP contribution in [0.25, 0.3) is 5.76 Å². The molecule has 3 aromatic rings. The summed E-state index contributed by atoms with van der Waals surface area (Å²) in [5.41, 5.74) is -0.363. The predicted molar refractivity (Wildman–Crippen MR) is 131 cm³/mol. The number of carbonyl (C=O) groups excluding carboxylic acids is 2. The van der Waals surface area contributed by atoms with Gasteiger partial charge in [-0.15, -0.1) is 0 Å². The Labute approximate surface area is 211 Å². The number of alkyl halides is 3. The summed E-state index contributed by atoms with van der Waals surface area (Å²) in [6.07, 6.45) is -4.71. The fraction of sp³-hybridized carbons (Fsp3) is 0.214. The number of nitrogens with zero attached hydrogens (tertiary/aromatic N) is 1. The van der Waals surface area contributed by atoms with Crippen LogP contribution in [0, 0.1) is 0 Å². The molecule has 0 saturated carbocycles. The first-order valence-corrected chi connectivity index (χ1v) is 11.4. The smallest absolute Gasteiger partial charge is 0.416 e. The number of hydrogen-bond acceptors (Lipinski definition) is 5. The van der Waals surface area contributed by atoms with Crippen LogP contribution in [-0.4, -0.2) is 30.0 Å². The molecule has 0 aromatic heterocycles. The molecule has 1 aliphatic rings. The van der Waals surface area contributed by atoms with Gasteiger partial charge in [0.25, 0.3) is 11.7 Å². The molecule has 1 saturated heterocycles. The van der Waals surface area contributed by atoms with Crippen molar-refractivity contribution < 1.29 is 37.3 Å². The van der Waals surface area contributed by atoms with Crippen molar-refractivity contribution in [1.29, 1.82) is 0 Å². The Bertz CT molecular complexity index is 1360. The minimum absolute atomic E-state index is 0.0684. The molecule has 1 N–H and O–H groups in total. The molecule has 0 radical (unpaired) electrons. The zero-order chi connectivity index (χ0) is 26.9. The Morgan fingerprint density at radius 2 is 1.59 bits per heavy atom. The molecule has 37 heavy (non-hydrogen) atoms. The number of amides is 1. The fourth-order valence-corrected chi connectivity index (χ4v) is 4.18. The SMILES string of the molecule is COc1cccc(C2/C(=C(\O)c3cccc(OC(C)C)c3)C(=O)C(=O)N2c2ccc(C(F)(F)F)cc2)c1. The van der Waals surface area contributed by atoms with Crippen LogP contribution >= 0.6 is 0 Å². The molecule has 4 rings (SSSR count). The highest BCUT2D eigenvalue weighted by Gasteiger charge is 2.47. The molecule has 1 fully saturated rings. The van der Waals surface area contributed by atoms with E-state index in [2.05, 4.69) is 0 Å². The van der Waals surface area contributed by atoms with E-state index in [1.165, 1.54) is 7.11 Å². The van der Waals surface area contributed by atoms with Crippen molar-refractivity contribution in [3.8, 4) is 11.5 Å². The average molecular weight is 511 g/mol. The number of anilines is 1. The molecular formula is C28H24F3NO5. The van der Waals surface area contributed by atoms with Crippen LogP contribution in [-0.2, 0) is 15.8 Å². The maximum atomic E-state index is 13.3. The number of benzene rings is 3. The number of rotatable bonds is 6. The summed E-state index contributed by atoms with van der Waals surface area (Å²) < 4.78 is 50.4. The summed E-state index contributed by atoms with van der Waals surface area (Å²) in [4.78, 5) is 27.6. The number of ketones is 1. The van der Waals surface area contributed by atoms with Crippen LogP contribution in [0.5, 0.6) is 11.5 Å². The standard InChI is InChI=1S/C28H24F3NO5/c1-16(2)37-22-9-5-7-18(15-22)25(33)23-24(17-6-4-8-21(14-17)36-3)32(27(35)26(23)34)20-12-10-19(11-13-20)28(29,30)31/h4-16,24,33H,1-3H3/b25-23+. The summed E-state index contributed by atoms with van der Waals surface area (Å²) in [6, 6.07) is 15.8. The number of Topliss-reactive ketones (excluding diaryl/α,β-unsaturated/α-hetero) is 1. The van der Waals surface area contributed by atoms with Crippen molar-refractivity contribution in [3.63, 3.8) is 0 Å². The quantitative estimate of drug-likeness (QED) is 0.245. The predicted octanol–water partition coefficient (Wildman–Crippen LogP) is 6.13. The second-order valence-electron chi connectivity index (χ2n) is 8.68. The Hall–Kier alpha value is -4.27. The second kappa shape index (κ2) is 10.0. The molecule has 1 atom stereocenters. The molecule has 1 aliphatic heterocycles. The molecule has 1 amide bonds. The molecule has 1 heterocycles. The number of ether oxygens (including phenoxy) is 2. The van der Waals surface area contributed by atoms with Gasteiger partial charge >= 0.3 is 6.18 Å². The summed E-state index contributed by atoms with van der Waals surface area (Å²) in [6.45, 7) is 3.68. The summed E-state index contributed by atoms with van der Waals surface area (Å²) in [7, 11) is 1.45. The summed E-state index contributed by atoms with van der Waals surface area (Å²) in [5, 5.41) is 11.3. The third-order valence-corrected chi connectivity index (χ3v) is 5.81. The van der Waals surface area contributed by atoms with E-state index in [4.69, 9.17) is 9.47 Å². The molecule has 9 heteroatoms. The second-order valence-corrected chi connectivity index (χ2v) is 8.68. The number of aliphatic hydroxyl groups excluding tert-OH is 1. The Morgan fingerprint density at radius 3 is 2.22 bits per heavy atom. The lowest BCUT2D eigenvalue weighted by Crippen LogP contribution is -2.29. The van der Waals surface area contributed by atoms with Gasteiger partial charge in [-0.3, -0.25) is 14.5 Å². The zero-order valence-electron chi connectivity index (χ0n) is 20.2. The van der Waals surface area contributed by atoms with Gasteiger partial charge in [0, 0.05) is 11.3 Å². The molecule has 192 valence electrons. The third kappa shape index (κ3) is 5.16. The van der Waals surface area contributed by atoms with Crippen molar-refractivity contribution in [2.45, 2.75) is 32.2 Å². The van der Waals surface area contributed by atoms with Gasteiger partial charge in [-0.2, -0.15) is 13.2 Å². The van der Waals surface area contributed by atoms with Gasteiger partial charge in [-0.1, -0.05) is 24.3 Å². The van der Waals surface area contributed by atoms with E-state index < -0.39 is 35.2 Å². The largest absolute Gasteiger partial charge is 0.507 e. The van der Waals surface area contributed by atoms with Gasteiger partial charge in [0.1, 0.15) is 17.3 Å². The lowest BCUT2D eigenvalue weighted by Gasteiger charge is -2.26. The molecule has 3 aromatic carbocycles. The van der Waals surface area contributed by atoms with E-state index in [-0.39, 0.29) is 22.9 Å². The fourth-order valence-electron chi connectivity index (χ4n) is 4.18. The van der Waals surface area contributed by atoms with E-state index >= 15 is 0 Å². The number of aliphatic hydroxyl groups is 1. The Kier molecular flexibility index (Phi) is 6.98. The van der Waals surface area contributed by atoms with E-state index in [0.717, 1.165) is 29.2 Å². The van der Waals surface area contributed by atoms with Crippen molar-refractivity contribution in [3.05, 3.63) is 95.1 Å². The lowest BCUT2D eigenvalue weighted by atomic mass is 9.95. The Balaban J connectivity index is 1.90. The summed E-state index contributed by atoms with van der Waals surface area (Å²) in [5.74, 6) is -1.50. The number of halogens is 3. The number of methoxy groups -OCH3 is 1. The minimum atomic E-state index is -4.57. The van der Waals surface area contributed by atoms with Crippen LogP contribution in [0.3, 0.4) is 0 Å². The first kappa shape index (κ1) is 25.8. The number of hydrogen-bond donors (Lipinski definition) is 1. The van der Waals surface area contributed by atoms with Crippen molar-refractivity contribution in [2.75, 3.05) is 12.0 Å². The highest BCUT2D eigenvalue weighted by atomic mass is 19.4. The topological polar surface area (TPSA) is 76.1 Å². The van der Waals surface area contributed by atoms with E-state index in [1.807, 2.05) is 13.8 Å². The van der Waals surface area contributed by atoms with Gasteiger partial charge in [0.15, 0.2) is 0 Å². The van der Waals surface area contributed by atoms with E-state index in [9.17, 15) is 27.9 Å². The minimum Gasteiger partial charge on any atom is -0.507 e. The molecule has 6 nitrogen and oxygen atoms in total. The van der Waals surface area contributed by atoms with Gasteiger partial charge in [-0.25, -0.2) is 0 Å². The number of carbonyl (C=O) groups is 2. The maximum absolute atomic E-state index is 13.3. The highest BCUT2D eigenvalue weighted by Crippen LogP contribution is 2.43. The Morgan fingerprint density at radius 1 is 0.946 bits per heavy atom. The first-order valence-electron chi connectivity index (χ1n) is 11.4. The monoisotopic (exact) mass is 511 g/mol. The van der Waals surface area contributed by atoms with Gasteiger partial charge in [0.05, 0.1) is 30.4 Å². The van der Waals surface area contributed by atoms with Crippen LogP contribution in [0.2, 0.25) is 0 Å². The van der Waals surface area contributed by atoms with Crippen LogP contribution in [0.4, 0.5) is 18.9 Å². The van der Waals surface area contributed by atoms with Crippen LogP contribution in [0.15, 0.2) is 78.4 Å². The lowest BCUT2D eigenvalue weighted by molar-refractivity contribution is -0.137. The highest BCUT2D eigenvalue weighted by molar-refractivity contribution is 6.51. The van der Waals surface area contributed by atoms with Gasteiger partial charge in [-0.05, 0) is 67.9 Å². The first-order chi connectivity index (χ1) is 17.5. The van der Waals surface area contributed by atoms with Crippen LogP contribution < -0.4 is 14.4 Å². The van der Waals surface area contributed by atoms with E-state index in [1.54, 1.807) is 48.5 Å². The maximum Gasteiger partial charge on any atom is 0.416 e. The van der Waals surface area contributed by atoms with Crippen molar-refractivity contribution in [1.82, 2.24) is 0 Å². The summed E-state index contributed by atoms with van der Waals surface area (Å²) >= 11 is 0. The van der Waals surface area contributed by atoms with Crippen molar-refractivity contribution >= 4 is 23.1 Å². The molecule has 0 aliphatic carbocycles. The zero-order valence-corrected chi connectivity index (χ0v) is 20.2. The molecule has 1 unspecified atom stereocenters. The average Bonchev–Trinajstić information content (AvgIpc) is 3.13. The van der Waals surface area contributed by atoms with Crippen LogP contribution in [0.1, 0.15) is 36.6 Å². The third-order valence-electron chi connectivity index (χ3n) is 5.81. The van der Waals surface area contributed by atoms with E-state index in [0.29, 0.717) is 17.1 Å². The molecule has 0 spiro atoms.